The quantitative estimate of drug-likeness (QED) is 0.0690. The van der Waals surface area contributed by atoms with Crippen molar-refractivity contribution >= 4 is 0 Å². The van der Waals surface area contributed by atoms with Gasteiger partial charge in [-0.3, -0.25) is 0 Å². The second kappa shape index (κ2) is 39.0. The van der Waals surface area contributed by atoms with Crippen molar-refractivity contribution in [1.82, 2.24) is 5.32 Å². The molecule has 0 aromatic carbocycles. The number of hydrogen-bond donors (Lipinski definition) is 1. The highest BCUT2D eigenvalue weighted by Gasteiger charge is 2.10. The number of unbranched alkanes of at least 4 members (excludes halogenated alkanes) is 26. The van der Waals surface area contributed by atoms with Crippen LogP contribution >= 0.6 is 0 Å². The van der Waals surface area contributed by atoms with Crippen LogP contribution in [0.25, 0.3) is 0 Å². The summed E-state index contributed by atoms with van der Waals surface area (Å²) >= 11 is 0. The highest BCUT2D eigenvalue weighted by atomic mass is 16.6. The average Bonchev–Trinajstić information content (AvgIpc) is 3.02. The fraction of sp³-hybridized carbons (Fsp3) is 1.00. The Hall–Kier alpha value is -0.160. The summed E-state index contributed by atoms with van der Waals surface area (Å²) in [5.41, 5.74) is 0. The third kappa shape index (κ3) is 38.0. The second-order valence-corrected chi connectivity index (χ2v) is 13.9. The molecule has 0 aliphatic carbocycles. The Bertz CT molecular complexity index is 501. The van der Waals surface area contributed by atoms with Crippen LogP contribution in [-0.2, 0) is 14.2 Å². The topological polar surface area (TPSA) is 39.7 Å². The molecule has 0 bridgehead atoms. The van der Waals surface area contributed by atoms with E-state index in [1.807, 2.05) is 0 Å². The molecule has 0 spiro atoms. The first-order chi connectivity index (χ1) is 21.7. The van der Waals surface area contributed by atoms with Crippen LogP contribution in [0.3, 0.4) is 0 Å². The molecule has 1 unspecified atom stereocenters. The zero-order valence-corrected chi connectivity index (χ0v) is 30.9. The van der Waals surface area contributed by atoms with Gasteiger partial charge in [0.15, 0.2) is 0 Å². The van der Waals surface area contributed by atoms with Crippen molar-refractivity contribution in [3.05, 3.63) is 0 Å². The Morgan fingerprint density at radius 3 is 1.07 bits per heavy atom. The predicted octanol–water partition coefficient (Wildman–Crippen LogP) is 12.4. The Labute approximate surface area is 278 Å². The van der Waals surface area contributed by atoms with Gasteiger partial charge in [-0.05, 0) is 12.8 Å². The molecule has 0 heterocycles. The van der Waals surface area contributed by atoms with Crippen molar-refractivity contribution in [1.29, 1.82) is 0 Å². The number of rotatable bonds is 39. The molecule has 0 aromatic rings. The van der Waals surface area contributed by atoms with Gasteiger partial charge in [0.25, 0.3) is 0 Å². The van der Waals surface area contributed by atoms with E-state index in [9.17, 15) is 0 Å². The normalized spacial score (nSPS) is 12.5. The van der Waals surface area contributed by atoms with E-state index in [0.717, 1.165) is 32.8 Å². The van der Waals surface area contributed by atoms with Crippen LogP contribution in [0.15, 0.2) is 0 Å². The zero-order chi connectivity index (χ0) is 32.0. The van der Waals surface area contributed by atoms with Gasteiger partial charge in [-0.25, -0.2) is 0 Å². The van der Waals surface area contributed by atoms with Crippen LogP contribution in [0.1, 0.15) is 207 Å². The van der Waals surface area contributed by atoms with E-state index in [1.165, 1.54) is 173 Å². The fourth-order valence-corrected chi connectivity index (χ4v) is 5.94. The molecule has 44 heavy (non-hydrogen) atoms. The lowest BCUT2D eigenvalue weighted by Gasteiger charge is -2.19. The highest BCUT2D eigenvalue weighted by Crippen LogP contribution is 2.14. The second-order valence-electron chi connectivity index (χ2n) is 13.9. The van der Waals surface area contributed by atoms with Gasteiger partial charge >= 0.3 is 0 Å². The van der Waals surface area contributed by atoms with Crippen molar-refractivity contribution in [2.45, 2.75) is 220 Å². The fourth-order valence-electron chi connectivity index (χ4n) is 5.94. The van der Waals surface area contributed by atoms with Crippen LogP contribution in [0.4, 0.5) is 0 Å². The van der Waals surface area contributed by atoms with Gasteiger partial charge in [0.2, 0.25) is 0 Å². The van der Waals surface area contributed by atoms with Crippen LogP contribution in [0, 0.1) is 0 Å². The van der Waals surface area contributed by atoms with Crippen LogP contribution < -0.4 is 5.32 Å². The van der Waals surface area contributed by atoms with Crippen molar-refractivity contribution < 1.29 is 14.2 Å². The molecule has 0 saturated heterocycles. The van der Waals surface area contributed by atoms with Gasteiger partial charge < -0.3 is 19.5 Å². The maximum Gasteiger partial charge on any atom is 0.104 e. The Morgan fingerprint density at radius 1 is 0.386 bits per heavy atom. The smallest absolute Gasteiger partial charge is 0.104 e. The zero-order valence-electron chi connectivity index (χ0n) is 30.9. The summed E-state index contributed by atoms with van der Waals surface area (Å²) in [6, 6.07) is 0.499. The lowest BCUT2D eigenvalue weighted by molar-refractivity contribution is -0.0607. The van der Waals surface area contributed by atoms with Crippen LogP contribution in [0.5, 0.6) is 0 Å². The van der Waals surface area contributed by atoms with Crippen molar-refractivity contribution in [3.8, 4) is 0 Å². The summed E-state index contributed by atoms with van der Waals surface area (Å²) in [7, 11) is 0. The molecule has 0 aliphatic heterocycles. The first-order valence-corrected chi connectivity index (χ1v) is 20.2. The molecule has 0 fully saturated rings. The van der Waals surface area contributed by atoms with Gasteiger partial charge in [0.1, 0.15) is 6.10 Å². The minimum Gasteiger partial charge on any atom is -0.379 e. The standard InChI is InChI=1S/C40H83NO3/c1-5-7-9-11-13-15-17-19-21-23-25-27-29-31-34-42-37-40(38-43-36-33-41-39(3)4)44-35-32-30-28-26-24-22-20-18-16-14-12-10-8-6-2/h39-41H,5-38H2,1-4H3. The molecule has 0 amide bonds. The number of hydrogen-bond acceptors (Lipinski definition) is 4. The van der Waals surface area contributed by atoms with Crippen LogP contribution in [0.2, 0.25) is 0 Å². The minimum absolute atomic E-state index is 0.0580. The monoisotopic (exact) mass is 626 g/mol. The maximum absolute atomic E-state index is 6.23. The summed E-state index contributed by atoms with van der Waals surface area (Å²) in [5.74, 6) is 0. The first kappa shape index (κ1) is 43.8. The van der Waals surface area contributed by atoms with E-state index in [1.54, 1.807) is 0 Å². The molecule has 0 rings (SSSR count). The summed E-state index contributed by atoms with van der Waals surface area (Å²) in [4.78, 5) is 0. The van der Waals surface area contributed by atoms with Gasteiger partial charge in [0.05, 0.1) is 19.8 Å². The van der Waals surface area contributed by atoms with Gasteiger partial charge in [-0.15, -0.1) is 0 Å². The van der Waals surface area contributed by atoms with Crippen molar-refractivity contribution in [2.24, 2.45) is 0 Å². The molecule has 0 saturated carbocycles. The Kier molecular flexibility index (Phi) is 38.9. The third-order valence-corrected chi connectivity index (χ3v) is 8.90. The molecule has 0 aliphatic rings. The molecule has 1 N–H and O–H groups in total. The van der Waals surface area contributed by atoms with E-state index < -0.39 is 0 Å². The maximum atomic E-state index is 6.23. The predicted molar refractivity (Wildman–Crippen MR) is 195 cm³/mol. The number of ether oxygens (including phenoxy) is 3. The van der Waals surface area contributed by atoms with E-state index in [-0.39, 0.29) is 6.10 Å². The summed E-state index contributed by atoms with van der Waals surface area (Å²) in [6.45, 7) is 13.5. The van der Waals surface area contributed by atoms with E-state index in [2.05, 4.69) is 33.0 Å². The lowest BCUT2D eigenvalue weighted by Crippen LogP contribution is -2.30. The SMILES string of the molecule is CCCCCCCCCCCCCCCCOCC(COCCNC(C)C)OCCCCCCCCCCCCCCCC. The molecular weight excluding hydrogens is 542 g/mol. The molecule has 0 aromatic heterocycles. The molecule has 0 radical (unpaired) electrons. The van der Waals surface area contributed by atoms with Gasteiger partial charge in [0, 0.05) is 25.8 Å². The summed E-state index contributed by atoms with van der Waals surface area (Å²) in [6.07, 6.45) is 39.0. The highest BCUT2D eigenvalue weighted by molar-refractivity contribution is 4.59. The minimum atomic E-state index is 0.0580. The summed E-state index contributed by atoms with van der Waals surface area (Å²) in [5, 5.41) is 3.42. The Morgan fingerprint density at radius 2 is 0.705 bits per heavy atom. The molecular formula is C40H83NO3. The summed E-state index contributed by atoms with van der Waals surface area (Å²) < 4.78 is 18.2. The lowest BCUT2D eigenvalue weighted by atomic mass is 10.0. The molecule has 266 valence electrons. The molecule has 4 heteroatoms. The average molecular weight is 626 g/mol. The molecule has 4 nitrogen and oxygen atoms in total. The van der Waals surface area contributed by atoms with Crippen molar-refractivity contribution in [2.75, 3.05) is 39.6 Å². The van der Waals surface area contributed by atoms with Gasteiger partial charge in [-0.2, -0.15) is 0 Å². The third-order valence-electron chi connectivity index (χ3n) is 8.90. The van der Waals surface area contributed by atoms with Crippen LogP contribution in [-0.4, -0.2) is 51.7 Å². The van der Waals surface area contributed by atoms with E-state index in [4.69, 9.17) is 14.2 Å². The van der Waals surface area contributed by atoms with Crippen molar-refractivity contribution in [3.63, 3.8) is 0 Å². The first-order valence-electron chi connectivity index (χ1n) is 20.2. The van der Waals surface area contributed by atoms with E-state index in [0.29, 0.717) is 19.3 Å². The van der Waals surface area contributed by atoms with Gasteiger partial charge in [-0.1, -0.05) is 195 Å². The number of nitrogens with one attached hydrogen (secondary N) is 1. The largest absolute Gasteiger partial charge is 0.379 e. The van der Waals surface area contributed by atoms with E-state index >= 15 is 0 Å². The Balaban J connectivity index is 3.73. The molecule has 1 atom stereocenters.